The highest BCUT2D eigenvalue weighted by molar-refractivity contribution is 5.52. The maximum atomic E-state index is 13.7. The fourth-order valence-corrected chi connectivity index (χ4v) is 2.91. The van der Waals surface area contributed by atoms with Gasteiger partial charge in [0.25, 0.3) is 0 Å². The Labute approximate surface area is 118 Å². The minimum atomic E-state index is -0.222. The summed E-state index contributed by atoms with van der Waals surface area (Å²) in [6.45, 7) is 1.29. The van der Waals surface area contributed by atoms with Crippen LogP contribution < -0.4 is 10.6 Å². The lowest BCUT2D eigenvalue weighted by Crippen LogP contribution is -2.23. The number of hydrogen-bond acceptors (Lipinski definition) is 3. The van der Waals surface area contributed by atoms with Crippen molar-refractivity contribution < 1.29 is 4.39 Å². The summed E-state index contributed by atoms with van der Waals surface area (Å²) in [5.41, 5.74) is 8.56. The van der Waals surface area contributed by atoms with Crippen molar-refractivity contribution in [2.45, 2.75) is 25.4 Å². The first-order chi connectivity index (χ1) is 9.78. The van der Waals surface area contributed by atoms with Crippen LogP contribution in [0.3, 0.4) is 0 Å². The third-order valence-corrected chi connectivity index (χ3v) is 3.83. The molecule has 4 heteroatoms. The number of hydrogen-bond donors (Lipinski definition) is 1. The summed E-state index contributed by atoms with van der Waals surface area (Å²) < 4.78 is 13.7. The van der Waals surface area contributed by atoms with Gasteiger partial charge in [-0.3, -0.25) is 4.98 Å². The molecular formula is C16H18FN3. The van der Waals surface area contributed by atoms with Crippen LogP contribution in [0.25, 0.3) is 0 Å². The fraction of sp³-hybridized carbons (Fsp3) is 0.312. The first kappa shape index (κ1) is 13.1. The number of anilines is 1. The number of pyridine rings is 1. The maximum absolute atomic E-state index is 13.7. The molecule has 1 saturated heterocycles. The van der Waals surface area contributed by atoms with Gasteiger partial charge >= 0.3 is 0 Å². The van der Waals surface area contributed by atoms with Gasteiger partial charge in [0.05, 0.1) is 6.04 Å². The van der Waals surface area contributed by atoms with Gasteiger partial charge in [-0.2, -0.15) is 0 Å². The van der Waals surface area contributed by atoms with Gasteiger partial charge in [-0.25, -0.2) is 4.39 Å². The summed E-state index contributed by atoms with van der Waals surface area (Å²) in [6.07, 6.45) is 5.85. The van der Waals surface area contributed by atoms with Crippen LogP contribution >= 0.6 is 0 Å². The standard InChI is InChI=1S/C16H18FN3/c17-14-7-12(10-18)8-15(9-14)20-6-2-4-16(20)13-3-1-5-19-11-13/h1,3,5,7-9,11,16H,2,4,6,10,18H2. The van der Waals surface area contributed by atoms with E-state index < -0.39 is 0 Å². The van der Waals surface area contributed by atoms with Crippen LogP contribution in [0.2, 0.25) is 0 Å². The normalized spacial score (nSPS) is 18.5. The highest BCUT2D eigenvalue weighted by Crippen LogP contribution is 2.36. The zero-order chi connectivity index (χ0) is 13.9. The first-order valence-electron chi connectivity index (χ1n) is 6.94. The second-order valence-electron chi connectivity index (χ2n) is 5.16. The Bertz CT molecular complexity index is 586. The molecule has 1 atom stereocenters. The molecule has 104 valence electrons. The van der Waals surface area contributed by atoms with E-state index >= 15 is 0 Å². The molecule has 0 spiro atoms. The van der Waals surface area contributed by atoms with Crippen molar-refractivity contribution in [3.63, 3.8) is 0 Å². The zero-order valence-corrected chi connectivity index (χ0v) is 11.3. The summed E-state index contributed by atoms with van der Waals surface area (Å²) in [4.78, 5) is 6.44. The average molecular weight is 271 g/mol. The van der Waals surface area contributed by atoms with Gasteiger partial charge in [-0.1, -0.05) is 6.07 Å². The molecule has 1 aromatic heterocycles. The van der Waals surface area contributed by atoms with Gasteiger partial charge in [0.2, 0.25) is 0 Å². The Morgan fingerprint density at radius 1 is 1.35 bits per heavy atom. The smallest absolute Gasteiger partial charge is 0.125 e. The lowest BCUT2D eigenvalue weighted by Gasteiger charge is -2.27. The van der Waals surface area contributed by atoms with Crippen molar-refractivity contribution >= 4 is 5.69 Å². The molecular weight excluding hydrogens is 253 g/mol. The second kappa shape index (κ2) is 5.59. The first-order valence-corrected chi connectivity index (χ1v) is 6.94. The lowest BCUT2D eigenvalue weighted by atomic mass is 10.1. The maximum Gasteiger partial charge on any atom is 0.125 e. The SMILES string of the molecule is NCc1cc(F)cc(N2CCCC2c2cccnc2)c1. The van der Waals surface area contributed by atoms with Crippen LogP contribution in [-0.4, -0.2) is 11.5 Å². The number of rotatable bonds is 3. The highest BCUT2D eigenvalue weighted by Gasteiger charge is 2.26. The Balaban J connectivity index is 1.94. The van der Waals surface area contributed by atoms with Crippen LogP contribution in [0, 0.1) is 5.82 Å². The molecule has 0 saturated carbocycles. The van der Waals surface area contributed by atoms with Crippen LogP contribution in [-0.2, 0) is 6.54 Å². The minimum Gasteiger partial charge on any atom is -0.364 e. The Kier molecular flexibility index (Phi) is 3.65. The molecule has 3 nitrogen and oxygen atoms in total. The molecule has 20 heavy (non-hydrogen) atoms. The summed E-state index contributed by atoms with van der Waals surface area (Å²) >= 11 is 0. The van der Waals surface area contributed by atoms with Crippen molar-refractivity contribution in [1.82, 2.24) is 4.98 Å². The predicted octanol–water partition coefficient (Wildman–Crippen LogP) is 3.02. The lowest BCUT2D eigenvalue weighted by molar-refractivity contribution is 0.622. The van der Waals surface area contributed by atoms with E-state index in [-0.39, 0.29) is 11.9 Å². The number of nitrogens with zero attached hydrogens (tertiary/aromatic N) is 2. The van der Waals surface area contributed by atoms with E-state index in [4.69, 9.17) is 5.73 Å². The number of aromatic nitrogens is 1. The van der Waals surface area contributed by atoms with E-state index in [1.54, 1.807) is 12.3 Å². The molecule has 1 unspecified atom stereocenters. The molecule has 1 fully saturated rings. The van der Waals surface area contributed by atoms with Gasteiger partial charge in [-0.15, -0.1) is 0 Å². The quantitative estimate of drug-likeness (QED) is 0.933. The van der Waals surface area contributed by atoms with Crippen molar-refractivity contribution in [1.29, 1.82) is 0 Å². The summed E-state index contributed by atoms with van der Waals surface area (Å²) in [5.74, 6) is -0.222. The van der Waals surface area contributed by atoms with Gasteiger partial charge in [0.1, 0.15) is 5.82 Å². The van der Waals surface area contributed by atoms with Gasteiger partial charge in [-0.05, 0) is 48.2 Å². The zero-order valence-electron chi connectivity index (χ0n) is 11.3. The molecule has 0 aliphatic carbocycles. The van der Waals surface area contributed by atoms with E-state index in [1.165, 1.54) is 11.6 Å². The van der Waals surface area contributed by atoms with E-state index in [2.05, 4.69) is 16.0 Å². The highest BCUT2D eigenvalue weighted by atomic mass is 19.1. The van der Waals surface area contributed by atoms with E-state index in [9.17, 15) is 4.39 Å². The summed E-state index contributed by atoms with van der Waals surface area (Å²) in [5, 5.41) is 0. The van der Waals surface area contributed by atoms with Gasteiger partial charge in [0.15, 0.2) is 0 Å². The van der Waals surface area contributed by atoms with Gasteiger partial charge < -0.3 is 10.6 Å². The van der Waals surface area contributed by atoms with Crippen molar-refractivity contribution in [3.8, 4) is 0 Å². The molecule has 0 radical (unpaired) electrons. The Morgan fingerprint density at radius 2 is 2.25 bits per heavy atom. The summed E-state index contributed by atoms with van der Waals surface area (Å²) in [6, 6.07) is 9.38. The van der Waals surface area contributed by atoms with E-state index in [1.807, 2.05) is 18.3 Å². The molecule has 2 heterocycles. The third-order valence-electron chi connectivity index (χ3n) is 3.83. The van der Waals surface area contributed by atoms with Crippen LogP contribution in [0.4, 0.5) is 10.1 Å². The number of halogens is 1. The Hall–Kier alpha value is -1.94. The topological polar surface area (TPSA) is 42.1 Å². The van der Waals surface area contributed by atoms with Crippen LogP contribution in [0.15, 0.2) is 42.7 Å². The average Bonchev–Trinajstić information content (AvgIpc) is 2.97. The summed E-state index contributed by atoms with van der Waals surface area (Å²) in [7, 11) is 0. The number of benzene rings is 1. The molecule has 2 aromatic rings. The molecule has 2 N–H and O–H groups in total. The monoisotopic (exact) mass is 271 g/mol. The van der Waals surface area contributed by atoms with Crippen LogP contribution in [0.1, 0.15) is 30.0 Å². The Morgan fingerprint density at radius 3 is 3.00 bits per heavy atom. The van der Waals surface area contributed by atoms with Gasteiger partial charge in [0, 0.05) is 31.2 Å². The molecule has 1 aliphatic rings. The second-order valence-corrected chi connectivity index (χ2v) is 5.16. The van der Waals surface area contributed by atoms with Crippen molar-refractivity contribution in [2.75, 3.05) is 11.4 Å². The van der Waals surface area contributed by atoms with Crippen LogP contribution in [0.5, 0.6) is 0 Å². The van der Waals surface area contributed by atoms with E-state index in [0.717, 1.165) is 30.6 Å². The largest absolute Gasteiger partial charge is 0.364 e. The molecule has 3 rings (SSSR count). The molecule has 0 bridgehead atoms. The molecule has 0 amide bonds. The third kappa shape index (κ3) is 2.51. The predicted molar refractivity (Wildman–Crippen MR) is 77.8 cm³/mol. The number of nitrogens with two attached hydrogens (primary N) is 1. The fourth-order valence-electron chi connectivity index (χ4n) is 2.91. The minimum absolute atomic E-state index is 0.222. The van der Waals surface area contributed by atoms with E-state index in [0.29, 0.717) is 6.54 Å². The molecule has 1 aromatic carbocycles. The van der Waals surface area contributed by atoms with Crippen molar-refractivity contribution in [2.24, 2.45) is 5.73 Å². The molecule has 1 aliphatic heterocycles. The van der Waals surface area contributed by atoms with Crippen molar-refractivity contribution in [3.05, 3.63) is 59.7 Å².